The molecule has 0 fully saturated rings. The number of hydrogen-bond donors (Lipinski definition) is 0. The van der Waals surface area contributed by atoms with Crippen molar-refractivity contribution in [3.63, 3.8) is 0 Å². The number of benzene rings is 3. The van der Waals surface area contributed by atoms with Gasteiger partial charge in [0.2, 0.25) is 0 Å². The summed E-state index contributed by atoms with van der Waals surface area (Å²) < 4.78 is 0. The summed E-state index contributed by atoms with van der Waals surface area (Å²) in [5.41, 5.74) is 7.30. The van der Waals surface area contributed by atoms with Crippen molar-refractivity contribution in [2.45, 2.75) is 44.9 Å². The molecule has 0 bridgehead atoms. The normalized spacial score (nSPS) is 19.8. The van der Waals surface area contributed by atoms with Gasteiger partial charge in [-0.3, -0.25) is 4.79 Å². The van der Waals surface area contributed by atoms with Gasteiger partial charge in [0.15, 0.2) is 0 Å². The summed E-state index contributed by atoms with van der Waals surface area (Å²) >= 11 is 0. The van der Waals surface area contributed by atoms with Crippen molar-refractivity contribution in [1.29, 1.82) is 0 Å². The first kappa shape index (κ1) is 20.8. The number of hydrogen-bond acceptors (Lipinski definition) is 3. The molecule has 32 heavy (non-hydrogen) atoms. The Kier molecular flexibility index (Phi) is 5.28. The molecule has 0 saturated carbocycles. The summed E-state index contributed by atoms with van der Waals surface area (Å²) in [5, 5.41) is 2.59. The summed E-state index contributed by atoms with van der Waals surface area (Å²) in [7, 11) is 2.14. The van der Waals surface area contributed by atoms with Gasteiger partial charge in [-0.15, -0.1) is 0 Å². The quantitative estimate of drug-likeness (QED) is 0.437. The van der Waals surface area contributed by atoms with Crippen molar-refractivity contribution in [2.75, 3.05) is 29.9 Å². The van der Waals surface area contributed by atoms with E-state index in [1.165, 1.54) is 39.0 Å². The smallest absolute Gasteiger partial charge is 0.147 e. The Morgan fingerprint density at radius 2 is 1.75 bits per heavy atom. The summed E-state index contributed by atoms with van der Waals surface area (Å²) in [4.78, 5) is 16.8. The highest BCUT2D eigenvalue weighted by Gasteiger charge is 2.49. The lowest BCUT2D eigenvalue weighted by atomic mass is 9.66. The first-order chi connectivity index (χ1) is 15.6. The van der Waals surface area contributed by atoms with Crippen LogP contribution >= 0.6 is 0 Å². The maximum Gasteiger partial charge on any atom is 0.147 e. The molecular formula is C29H32N2O. The number of allylic oxidation sites excluding steroid dienone is 2. The largest absolute Gasteiger partial charge is 0.372 e. The standard InChI is InChI=1S/C29H32N2O/c1-4-31(5-2)24-15-12-21(13-16-24)19-29-18-8-10-23(20-32)28(29)30(3)26-17-14-22-9-6-7-11-25(22)27(26)29/h6-7,9,11-17,20H,4-5,8,10,18-19H2,1-3H3. The van der Waals surface area contributed by atoms with Crippen LogP contribution in [0.3, 0.4) is 0 Å². The van der Waals surface area contributed by atoms with Crippen molar-refractivity contribution in [3.8, 4) is 0 Å². The van der Waals surface area contributed by atoms with Gasteiger partial charge < -0.3 is 9.80 Å². The minimum absolute atomic E-state index is 0.157. The highest BCUT2D eigenvalue weighted by atomic mass is 16.1. The average molecular weight is 425 g/mol. The molecule has 1 aliphatic carbocycles. The summed E-state index contributed by atoms with van der Waals surface area (Å²) in [6.07, 6.45) is 5.02. The van der Waals surface area contributed by atoms with Crippen LogP contribution in [0, 0.1) is 0 Å². The molecule has 2 aliphatic rings. The number of aldehydes is 1. The zero-order valence-electron chi connectivity index (χ0n) is 19.4. The second-order valence-electron chi connectivity index (χ2n) is 9.18. The van der Waals surface area contributed by atoms with Crippen molar-refractivity contribution >= 4 is 28.4 Å². The Labute approximate surface area is 191 Å². The summed E-state index contributed by atoms with van der Waals surface area (Å²) in [5.74, 6) is 0. The van der Waals surface area contributed by atoms with Crippen LogP contribution in [-0.4, -0.2) is 26.4 Å². The number of carbonyl (C=O) groups is 1. The van der Waals surface area contributed by atoms with E-state index in [4.69, 9.17) is 0 Å². The fraction of sp³-hybridized carbons (Fsp3) is 0.345. The van der Waals surface area contributed by atoms with Gasteiger partial charge in [-0.25, -0.2) is 0 Å². The molecule has 3 nitrogen and oxygen atoms in total. The number of carbonyl (C=O) groups excluding carboxylic acids is 1. The predicted octanol–water partition coefficient (Wildman–Crippen LogP) is 6.25. The van der Waals surface area contributed by atoms with E-state index in [2.05, 4.69) is 91.4 Å². The summed E-state index contributed by atoms with van der Waals surface area (Å²) in [6.45, 7) is 6.43. The Bertz CT molecular complexity index is 1190. The van der Waals surface area contributed by atoms with Gasteiger partial charge in [0.1, 0.15) is 6.29 Å². The maximum absolute atomic E-state index is 12.2. The number of rotatable bonds is 6. The molecule has 1 unspecified atom stereocenters. The first-order valence-electron chi connectivity index (χ1n) is 11.9. The van der Waals surface area contributed by atoms with Crippen LogP contribution < -0.4 is 9.80 Å². The van der Waals surface area contributed by atoms with Crippen LogP contribution in [0.1, 0.15) is 44.2 Å². The predicted molar refractivity (Wildman–Crippen MR) is 135 cm³/mol. The molecule has 1 aliphatic heterocycles. The van der Waals surface area contributed by atoms with Crippen LogP contribution in [0.5, 0.6) is 0 Å². The first-order valence-corrected chi connectivity index (χ1v) is 11.9. The second-order valence-corrected chi connectivity index (χ2v) is 9.18. The van der Waals surface area contributed by atoms with Crippen LogP contribution in [-0.2, 0) is 16.6 Å². The molecule has 0 radical (unpaired) electrons. The number of fused-ring (bicyclic) bond motifs is 5. The molecule has 0 saturated heterocycles. The monoisotopic (exact) mass is 424 g/mol. The molecule has 5 rings (SSSR count). The van der Waals surface area contributed by atoms with E-state index in [9.17, 15) is 4.79 Å². The van der Waals surface area contributed by atoms with Gasteiger partial charge in [-0.1, -0.05) is 42.5 Å². The number of anilines is 2. The van der Waals surface area contributed by atoms with Crippen molar-refractivity contribution in [3.05, 3.63) is 83.1 Å². The number of nitrogens with zero attached hydrogens (tertiary/aromatic N) is 2. The average Bonchev–Trinajstić information content (AvgIpc) is 3.09. The Hall–Kier alpha value is -3.07. The van der Waals surface area contributed by atoms with Crippen LogP contribution in [0.15, 0.2) is 71.9 Å². The van der Waals surface area contributed by atoms with E-state index < -0.39 is 0 Å². The van der Waals surface area contributed by atoms with Gasteiger partial charge in [0, 0.05) is 48.2 Å². The van der Waals surface area contributed by atoms with Gasteiger partial charge in [0.25, 0.3) is 0 Å². The minimum Gasteiger partial charge on any atom is -0.372 e. The van der Waals surface area contributed by atoms with Crippen LogP contribution in [0.2, 0.25) is 0 Å². The molecule has 3 heteroatoms. The van der Waals surface area contributed by atoms with E-state index in [1.54, 1.807) is 0 Å². The van der Waals surface area contributed by atoms with E-state index in [-0.39, 0.29) is 5.41 Å². The van der Waals surface area contributed by atoms with Gasteiger partial charge >= 0.3 is 0 Å². The maximum atomic E-state index is 12.2. The molecule has 1 heterocycles. The van der Waals surface area contributed by atoms with Gasteiger partial charge in [-0.2, -0.15) is 0 Å². The zero-order chi connectivity index (χ0) is 22.3. The van der Waals surface area contributed by atoms with Crippen molar-refractivity contribution in [1.82, 2.24) is 0 Å². The summed E-state index contributed by atoms with van der Waals surface area (Å²) in [6, 6.07) is 22.3. The molecule has 0 spiro atoms. The van der Waals surface area contributed by atoms with Gasteiger partial charge in [0.05, 0.1) is 0 Å². The molecule has 0 amide bonds. The minimum atomic E-state index is -0.157. The van der Waals surface area contributed by atoms with Crippen molar-refractivity contribution in [2.24, 2.45) is 0 Å². The Morgan fingerprint density at radius 3 is 2.47 bits per heavy atom. The third-order valence-electron chi connectivity index (χ3n) is 7.60. The van der Waals surface area contributed by atoms with Gasteiger partial charge in [-0.05, 0) is 79.6 Å². The lowest BCUT2D eigenvalue weighted by Gasteiger charge is -2.38. The molecule has 3 aromatic rings. The fourth-order valence-electron chi connectivity index (χ4n) is 6.20. The molecule has 164 valence electrons. The highest BCUT2D eigenvalue weighted by Crippen LogP contribution is 2.57. The van der Waals surface area contributed by atoms with E-state index in [0.29, 0.717) is 0 Å². The topological polar surface area (TPSA) is 23.6 Å². The molecule has 3 aromatic carbocycles. The Morgan fingerprint density at radius 1 is 1.00 bits per heavy atom. The zero-order valence-corrected chi connectivity index (χ0v) is 19.4. The van der Waals surface area contributed by atoms with E-state index in [0.717, 1.165) is 50.6 Å². The fourth-order valence-corrected chi connectivity index (χ4v) is 6.20. The highest BCUT2D eigenvalue weighted by molar-refractivity contribution is 5.96. The SMILES string of the molecule is CCN(CC)c1ccc(CC23CCCC(C=O)=C2N(C)c2ccc4ccccc4c23)cc1. The molecular weight excluding hydrogens is 392 g/mol. The van der Waals surface area contributed by atoms with Crippen LogP contribution in [0.25, 0.3) is 10.8 Å². The third kappa shape index (κ3) is 3.06. The molecule has 1 atom stereocenters. The van der Waals surface area contributed by atoms with E-state index in [1.807, 2.05) is 0 Å². The van der Waals surface area contributed by atoms with Crippen LogP contribution in [0.4, 0.5) is 11.4 Å². The third-order valence-corrected chi connectivity index (χ3v) is 7.60. The Balaban J connectivity index is 1.68. The number of likely N-dealkylation sites (N-methyl/N-ethyl adjacent to an activating group) is 1. The lowest BCUT2D eigenvalue weighted by molar-refractivity contribution is -0.105. The lowest BCUT2D eigenvalue weighted by Crippen LogP contribution is -2.36. The molecule has 0 aromatic heterocycles. The van der Waals surface area contributed by atoms with E-state index >= 15 is 0 Å². The second kappa shape index (κ2) is 8.12. The molecule has 0 N–H and O–H groups in total. The van der Waals surface area contributed by atoms with Crippen molar-refractivity contribution < 1.29 is 4.79 Å².